The summed E-state index contributed by atoms with van der Waals surface area (Å²) in [6.07, 6.45) is 0.770. The fourth-order valence-corrected chi connectivity index (χ4v) is 2.40. The van der Waals surface area contributed by atoms with Gasteiger partial charge in [0.25, 0.3) is 0 Å². The van der Waals surface area contributed by atoms with Crippen LogP contribution in [0.1, 0.15) is 11.3 Å². The fraction of sp³-hybridized carbons (Fsp3) is 0.118. The second-order valence-corrected chi connectivity index (χ2v) is 4.85. The van der Waals surface area contributed by atoms with Crippen LogP contribution in [0.25, 0.3) is 11.1 Å². The van der Waals surface area contributed by atoms with Crippen LogP contribution in [0.5, 0.6) is 5.75 Å². The first-order valence-electron chi connectivity index (χ1n) is 6.79. The van der Waals surface area contributed by atoms with Crippen LogP contribution >= 0.6 is 0 Å². The zero-order valence-electron chi connectivity index (χ0n) is 11.8. The van der Waals surface area contributed by atoms with E-state index in [0.29, 0.717) is 5.82 Å². The largest absolute Gasteiger partial charge is 0.497 e. The van der Waals surface area contributed by atoms with E-state index in [0.717, 1.165) is 29.0 Å². The number of hydrogen-bond donors (Lipinski definition) is 2. The van der Waals surface area contributed by atoms with Crippen LogP contribution in [0.4, 0.5) is 5.82 Å². The minimum Gasteiger partial charge on any atom is -0.497 e. The molecule has 3 N–H and O–H groups in total. The molecular formula is C17H17N3O. The molecule has 106 valence electrons. The van der Waals surface area contributed by atoms with Gasteiger partial charge in [-0.3, -0.25) is 5.10 Å². The molecule has 3 rings (SSSR count). The van der Waals surface area contributed by atoms with Gasteiger partial charge in [-0.2, -0.15) is 5.10 Å². The number of H-pyrrole nitrogens is 1. The van der Waals surface area contributed by atoms with Crippen molar-refractivity contribution in [3.63, 3.8) is 0 Å². The fourth-order valence-electron chi connectivity index (χ4n) is 2.40. The van der Waals surface area contributed by atoms with E-state index in [-0.39, 0.29) is 0 Å². The molecule has 0 fully saturated rings. The number of aromatic nitrogens is 2. The summed E-state index contributed by atoms with van der Waals surface area (Å²) in [6.45, 7) is 0. The Labute approximate surface area is 123 Å². The normalized spacial score (nSPS) is 10.5. The molecule has 0 aliphatic rings. The van der Waals surface area contributed by atoms with Gasteiger partial charge in [0, 0.05) is 17.7 Å². The van der Waals surface area contributed by atoms with Crippen LogP contribution in [-0.2, 0) is 6.42 Å². The minimum absolute atomic E-state index is 0.520. The zero-order chi connectivity index (χ0) is 14.7. The second kappa shape index (κ2) is 5.71. The lowest BCUT2D eigenvalue weighted by molar-refractivity contribution is 0.415. The molecule has 0 saturated carbocycles. The maximum absolute atomic E-state index is 6.02. The van der Waals surface area contributed by atoms with Gasteiger partial charge in [0.2, 0.25) is 0 Å². The van der Waals surface area contributed by atoms with Gasteiger partial charge >= 0.3 is 0 Å². The standard InChI is InChI=1S/C17H17N3O/c1-21-14-9-7-13(8-10-14)16-15(19-20-17(16)18)11-12-5-3-2-4-6-12/h2-10H,11H2,1H3,(H3,18,19,20). The first kappa shape index (κ1) is 13.2. The summed E-state index contributed by atoms with van der Waals surface area (Å²) in [6, 6.07) is 18.1. The summed E-state index contributed by atoms with van der Waals surface area (Å²) in [4.78, 5) is 0. The number of ether oxygens (including phenoxy) is 1. The van der Waals surface area contributed by atoms with Gasteiger partial charge in [0.15, 0.2) is 5.82 Å². The molecule has 4 heteroatoms. The SMILES string of the molecule is COc1ccc(-c2c(N)n[nH]c2Cc2ccccc2)cc1. The van der Waals surface area contributed by atoms with E-state index < -0.39 is 0 Å². The zero-order valence-corrected chi connectivity index (χ0v) is 11.8. The molecule has 0 spiro atoms. The number of aromatic amines is 1. The van der Waals surface area contributed by atoms with Crippen LogP contribution < -0.4 is 10.5 Å². The number of nitrogens with one attached hydrogen (secondary N) is 1. The van der Waals surface area contributed by atoms with Crippen LogP contribution in [-0.4, -0.2) is 17.3 Å². The van der Waals surface area contributed by atoms with Gasteiger partial charge in [-0.15, -0.1) is 0 Å². The molecule has 0 aliphatic carbocycles. The first-order valence-corrected chi connectivity index (χ1v) is 6.79. The van der Waals surface area contributed by atoms with Gasteiger partial charge in [0.05, 0.1) is 7.11 Å². The molecule has 4 nitrogen and oxygen atoms in total. The number of anilines is 1. The molecular weight excluding hydrogens is 262 g/mol. The molecule has 0 saturated heterocycles. The molecule has 0 bridgehead atoms. The number of rotatable bonds is 4. The van der Waals surface area contributed by atoms with Gasteiger partial charge < -0.3 is 10.5 Å². The van der Waals surface area contributed by atoms with Crippen molar-refractivity contribution < 1.29 is 4.74 Å². The molecule has 3 aromatic rings. The third kappa shape index (κ3) is 2.74. The van der Waals surface area contributed by atoms with Crippen LogP contribution in [0.15, 0.2) is 54.6 Å². The third-order valence-corrected chi connectivity index (χ3v) is 3.47. The molecule has 0 amide bonds. The molecule has 0 atom stereocenters. The molecule has 0 radical (unpaired) electrons. The third-order valence-electron chi connectivity index (χ3n) is 3.47. The Morgan fingerprint density at radius 2 is 1.76 bits per heavy atom. The lowest BCUT2D eigenvalue weighted by atomic mass is 10.0. The predicted molar refractivity (Wildman–Crippen MR) is 84.2 cm³/mol. The monoisotopic (exact) mass is 279 g/mol. The van der Waals surface area contributed by atoms with E-state index >= 15 is 0 Å². The summed E-state index contributed by atoms with van der Waals surface area (Å²) in [5.74, 6) is 1.34. The quantitative estimate of drug-likeness (QED) is 0.770. The van der Waals surface area contributed by atoms with Gasteiger partial charge in [-0.1, -0.05) is 42.5 Å². The highest BCUT2D eigenvalue weighted by atomic mass is 16.5. The maximum Gasteiger partial charge on any atom is 0.153 e. The number of nitrogens with zero attached hydrogens (tertiary/aromatic N) is 1. The van der Waals surface area contributed by atoms with E-state index in [2.05, 4.69) is 22.3 Å². The highest BCUT2D eigenvalue weighted by Gasteiger charge is 2.13. The van der Waals surface area contributed by atoms with E-state index in [1.807, 2.05) is 42.5 Å². The lowest BCUT2D eigenvalue weighted by Gasteiger charge is -2.06. The summed E-state index contributed by atoms with van der Waals surface area (Å²) < 4.78 is 5.19. The van der Waals surface area contributed by atoms with Crippen molar-refractivity contribution in [2.24, 2.45) is 0 Å². The highest BCUT2D eigenvalue weighted by Crippen LogP contribution is 2.30. The number of benzene rings is 2. The first-order chi connectivity index (χ1) is 10.3. The summed E-state index contributed by atoms with van der Waals surface area (Å²) in [5.41, 5.74) is 10.3. The Morgan fingerprint density at radius 3 is 2.43 bits per heavy atom. The summed E-state index contributed by atoms with van der Waals surface area (Å²) in [7, 11) is 1.65. The van der Waals surface area contributed by atoms with E-state index in [1.54, 1.807) is 7.11 Å². The summed E-state index contributed by atoms with van der Waals surface area (Å²) in [5, 5.41) is 7.20. The van der Waals surface area contributed by atoms with Gasteiger partial charge in [-0.25, -0.2) is 0 Å². The Bertz CT molecular complexity index is 718. The van der Waals surface area contributed by atoms with Gasteiger partial charge in [-0.05, 0) is 23.3 Å². The lowest BCUT2D eigenvalue weighted by Crippen LogP contribution is -1.93. The van der Waals surface area contributed by atoms with E-state index in [4.69, 9.17) is 10.5 Å². The smallest absolute Gasteiger partial charge is 0.153 e. The van der Waals surface area contributed by atoms with Crippen molar-refractivity contribution in [2.45, 2.75) is 6.42 Å². The molecule has 21 heavy (non-hydrogen) atoms. The number of hydrogen-bond acceptors (Lipinski definition) is 3. The van der Waals surface area contributed by atoms with Crippen molar-refractivity contribution in [2.75, 3.05) is 12.8 Å². The molecule has 1 heterocycles. The Balaban J connectivity index is 1.96. The second-order valence-electron chi connectivity index (χ2n) is 4.85. The maximum atomic E-state index is 6.02. The molecule has 1 aromatic heterocycles. The summed E-state index contributed by atoms with van der Waals surface area (Å²) >= 11 is 0. The molecule has 0 aliphatic heterocycles. The number of methoxy groups -OCH3 is 1. The van der Waals surface area contributed by atoms with Crippen LogP contribution in [0, 0.1) is 0 Å². The highest BCUT2D eigenvalue weighted by molar-refractivity contribution is 5.76. The number of nitrogens with two attached hydrogens (primary N) is 1. The Morgan fingerprint density at radius 1 is 1.05 bits per heavy atom. The molecule has 2 aromatic carbocycles. The van der Waals surface area contributed by atoms with Crippen LogP contribution in [0.2, 0.25) is 0 Å². The van der Waals surface area contributed by atoms with E-state index in [1.165, 1.54) is 5.56 Å². The van der Waals surface area contributed by atoms with Crippen molar-refractivity contribution in [1.82, 2.24) is 10.2 Å². The van der Waals surface area contributed by atoms with Crippen molar-refractivity contribution in [3.8, 4) is 16.9 Å². The van der Waals surface area contributed by atoms with E-state index in [9.17, 15) is 0 Å². The molecule has 0 unspecified atom stereocenters. The number of nitrogen functional groups attached to an aromatic ring is 1. The van der Waals surface area contributed by atoms with Crippen molar-refractivity contribution in [3.05, 3.63) is 65.9 Å². The van der Waals surface area contributed by atoms with Gasteiger partial charge in [0.1, 0.15) is 5.75 Å². The van der Waals surface area contributed by atoms with Crippen molar-refractivity contribution >= 4 is 5.82 Å². The Kier molecular flexibility index (Phi) is 3.60. The minimum atomic E-state index is 0.520. The Hall–Kier alpha value is -2.75. The van der Waals surface area contributed by atoms with Crippen LogP contribution in [0.3, 0.4) is 0 Å². The topological polar surface area (TPSA) is 63.9 Å². The predicted octanol–water partition coefficient (Wildman–Crippen LogP) is 3.26. The van der Waals surface area contributed by atoms with Crippen molar-refractivity contribution in [1.29, 1.82) is 0 Å². The average Bonchev–Trinajstić information content (AvgIpc) is 2.89. The average molecular weight is 279 g/mol.